The highest BCUT2D eigenvalue weighted by Gasteiger charge is 2.21. The molecule has 1 aliphatic rings. The van der Waals surface area contributed by atoms with Crippen LogP contribution in [0, 0.1) is 12.3 Å². The van der Waals surface area contributed by atoms with E-state index in [1.165, 1.54) is 0 Å². The molecule has 0 bridgehead atoms. The summed E-state index contributed by atoms with van der Waals surface area (Å²) in [7, 11) is 0. The Morgan fingerprint density at radius 1 is 1.23 bits per heavy atom. The summed E-state index contributed by atoms with van der Waals surface area (Å²) in [5, 5.41) is 12.5. The zero-order chi connectivity index (χ0) is 22.2. The fourth-order valence-electron chi connectivity index (χ4n) is 3.91. The Kier molecular flexibility index (Phi) is 8.18. The van der Waals surface area contributed by atoms with Crippen molar-refractivity contribution in [1.82, 2.24) is 9.88 Å². The van der Waals surface area contributed by atoms with Gasteiger partial charge in [0, 0.05) is 42.0 Å². The van der Waals surface area contributed by atoms with Crippen molar-refractivity contribution in [1.29, 1.82) is 5.41 Å². The van der Waals surface area contributed by atoms with E-state index in [4.69, 9.17) is 10.1 Å². The van der Waals surface area contributed by atoms with Crippen LogP contribution in [0.3, 0.4) is 0 Å². The maximum Gasteiger partial charge on any atom is 0.254 e. The molecule has 1 fully saturated rings. The third-order valence-electron chi connectivity index (χ3n) is 5.85. The number of morpholine rings is 1. The van der Waals surface area contributed by atoms with Gasteiger partial charge in [0.2, 0.25) is 0 Å². The molecule has 2 heterocycles. The van der Waals surface area contributed by atoms with Crippen molar-refractivity contribution in [2.24, 2.45) is 0 Å². The lowest BCUT2D eigenvalue weighted by molar-refractivity contribution is 0.0303. The molecule has 1 saturated heterocycles. The van der Waals surface area contributed by atoms with Crippen LogP contribution in [-0.2, 0) is 4.74 Å². The van der Waals surface area contributed by atoms with Crippen LogP contribution in [0.5, 0.6) is 0 Å². The van der Waals surface area contributed by atoms with Crippen molar-refractivity contribution in [3.05, 3.63) is 58.8 Å². The standard InChI is InChI=1S/C25H34N4O2/c1-4-6-10-21(5-2)28-24-22(18(3)11-12-27-24)23(26)19-8-7-9-20(17-19)25(30)29-13-15-31-16-14-29/h7-9,11-12,17,21,26H,4-6,10,13-16H2,1-3H3,(H,27,28). The Balaban J connectivity index is 1.86. The highest BCUT2D eigenvalue weighted by Crippen LogP contribution is 2.24. The van der Waals surface area contributed by atoms with Crippen LogP contribution >= 0.6 is 0 Å². The number of nitrogens with zero attached hydrogens (tertiary/aromatic N) is 2. The maximum atomic E-state index is 12.9. The molecule has 2 N–H and O–H groups in total. The van der Waals surface area contributed by atoms with Gasteiger partial charge in [-0.15, -0.1) is 0 Å². The van der Waals surface area contributed by atoms with E-state index in [1.54, 1.807) is 6.20 Å². The number of unbranched alkanes of at least 4 members (excludes halogenated alkanes) is 1. The third kappa shape index (κ3) is 5.70. The van der Waals surface area contributed by atoms with Crippen LogP contribution in [0.25, 0.3) is 0 Å². The molecule has 1 amide bonds. The van der Waals surface area contributed by atoms with E-state index in [0.717, 1.165) is 48.2 Å². The number of ether oxygens (including phenoxy) is 1. The van der Waals surface area contributed by atoms with Crippen molar-refractivity contribution in [2.75, 3.05) is 31.6 Å². The van der Waals surface area contributed by atoms with E-state index in [-0.39, 0.29) is 5.91 Å². The lowest BCUT2D eigenvalue weighted by Gasteiger charge is -2.27. The molecule has 6 nitrogen and oxygen atoms in total. The van der Waals surface area contributed by atoms with Gasteiger partial charge in [0.25, 0.3) is 5.91 Å². The summed E-state index contributed by atoms with van der Waals surface area (Å²) in [6.45, 7) is 8.73. The van der Waals surface area contributed by atoms with Crippen molar-refractivity contribution in [3.8, 4) is 0 Å². The number of aryl methyl sites for hydroxylation is 1. The SMILES string of the molecule is CCCCC(CC)Nc1nccc(C)c1C(=N)c1cccc(C(=O)N2CCOCC2)c1. The van der Waals surface area contributed by atoms with Gasteiger partial charge < -0.3 is 15.0 Å². The van der Waals surface area contributed by atoms with E-state index in [2.05, 4.69) is 24.1 Å². The normalized spacial score (nSPS) is 14.9. The van der Waals surface area contributed by atoms with Gasteiger partial charge in [0.1, 0.15) is 5.82 Å². The van der Waals surface area contributed by atoms with E-state index in [1.807, 2.05) is 42.2 Å². The van der Waals surface area contributed by atoms with Gasteiger partial charge in [0.15, 0.2) is 0 Å². The van der Waals surface area contributed by atoms with Crippen molar-refractivity contribution in [3.63, 3.8) is 0 Å². The molecular weight excluding hydrogens is 388 g/mol. The minimum atomic E-state index is -0.00943. The zero-order valence-corrected chi connectivity index (χ0v) is 18.9. The van der Waals surface area contributed by atoms with E-state index >= 15 is 0 Å². The first kappa shape index (κ1) is 22.9. The number of anilines is 1. The molecule has 1 aromatic heterocycles. The largest absolute Gasteiger partial charge is 0.378 e. The summed E-state index contributed by atoms with van der Waals surface area (Å²) in [5.74, 6) is 0.739. The van der Waals surface area contributed by atoms with Gasteiger partial charge in [-0.05, 0) is 43.5 Å². The Bertz CT molecular complexity index is 906. The van der Waals surface area contributed by atoms with Crippen LogP contribution < -0.4 is 5.32 Å². The number of rotatable bonds is 9. The lowest BCUT2D eigenvalue weighted by atomic mass is 9.96. The molecule has 1 aliphatic heterocycles. The van der Waals surface area contributed by atoms with Gasteiger partial charge in [0.05, 0.1) is 18.9 Å². The second-order valence-electron chi connectivity index (χ2n) is 8.10. The fraction of sp³-hybridized carbons (Fsp3) is 0.480. The topological polar surface area (TPSA) is 78.3 Å². The number of hydrogen-bond donors (Lipinski definition) is 2. The number of nitrogens with one attached hydrogen (secondary N) is 2. The predicted molar refractivity (Wildman–Crippen MR) is 125 cm³/mol. The highest BCUT2D eigenvalue weighted by atomic mass is 16.5. The van der Waals surface area contributed by atoms with Crippen LogP contribution in [0.1, 0.15) is 66.6 Å². The van der Waals surface area contributed by atoms with E-state index in [0.29, 0.717) is 43.6 Å². The number of carbonyl (C=O) groups is 1. The fourth-order valence-corrected chi connectivity index (χ4v) is 3.91. The molecular formula is C25H34N4O2. The number of pyridine rings is 1. The Labute approximate surface area is 185 Å². The van der Waals surface area contributed by atoms with Gasteiger partial charge in [-0.3, -0.25) is 10.2 Å². The van der Waals surface area contributed by atoms with Crippen LogP contribution in [0.2, 0.25) is 0 Å². The smallest absolute Gasteiger partial charge is 0.254 e. The van der Waals surface area contributed by atoms with Crippen LogP contribution in [0.15, 0.2) is 36.5 Å². The average molecular weight is 423 g/mol. The van der Waals surface area contributed by atoms with Crippen molar-refractivity contribution < 1.29 is 9.53 Å². The minimum absolute atomic E-state index is 0.00943. The molecule has 166 valence electrons. The molecule has 3 rings (SSSR count). The van der Waals surface area contributed by atoms with Gasteiger partial charge >= 0.3 is 0 Å². The molecule has 6 heteroatoms. The van der Waals surface area contributed by atoms with Gasteiger partial charge in [-0.1, -0.05) is 38.8 Å². The first-order valence-corrected chi connectivity index (χ1v) is 11.3. The van der Waals surface area contributed by atoms with E-state index < -0.39 is 0 Å². The van der Waals surface area contributed by atoms with Crippen LogP contribution in [0.4, 0.5) is 5.82 Å². The van der Waals surface area contributed by atoms with Gasteiger partial charge in [-0.2, -0.15) is 0 Å². The second kappa shape index (κ2) is 11.0. The molecule has 1 atom stereocenters. The zero-order valence-electron chi connectivity index (χ0n) is 18.9. The van der Waals surface area contributed by atoms with Crippen molar-refractivity contribution >= 4 is 17.4 Å². The molecule has 0 radical (unpaired) electrons. The van der Waals surface area contributed by atoms with E-state index in [9.17, 15) is 4.79 Å². The summed E-state index contributed by atoms with van der Waals surface area (Å²) in [6, 6.07) is 9.65. The molecule has 31 heavy (non-hydrogen) atoms. The summed E-state index contributed by atoms with van der Waals surface area (Å²) in [5.41, 5.74) is 3.51. The maximum absolute atomic E-state index is 12.9. The summed E-state index contributed by atoms with van der Waals surface area (Å²) >= 11 is 0. The van der Waals surface area contributed by atoms with Gasteiger partial charge in [-0.25, -0.2) is 4.98 Å². The average Bonchev–Trinajstić information content (AvgIpc) is 2.81. The molecule has 2 aromatic rings. The molecule has 1 aromatic carbocycles. The first-order chi connectivity index (χ1) is 15.0. The monoisotopic (exact) mass is 422 g/mol. The molecule has 0 saturated carbocycles. The van der Waals surface area contributed by atoms with Crippen LogP contribution in [-0.4, -0.2) is 53.8 Å². The Morgan fingerprint density at radius 3 is 2.68 bits per heavy atom. The number of amides is 1. The Morgan fingerprint density at radius 2 is 1.97 bits per heavy atom. The first-order valence-electron chi connectivity index (χ1n) is 11.3. The number of benzene rings is 1. The second-order valence-corrected chi connectivity index (χ2v) is 8.10. The molecule has 0 spiro atoms. The molecule has 1 unspecified atom stereocenters. The summed E-state index contributed by atoms with van der Waals surface area (Å²) in [6.07, 6.45) is 6.20. The number of carbonyl (C=O) groups excluding carboxylic acids is 1. The minimum Gasteiger partial charge on any atom is -0.378 e. The third-order valence-corrected chi connectivity index (χ3v) is 5.85. The predicted octanol–water partition coefficient (Wildman–Crippen LogP) is 4.66. The number of aromatic nitrogens is 1. The van der Waals surface area contributed by atoms with Crippen molar-refractivity contribution in [2.45, 2.75) is 52.5 Å². The Hall–Kier alpha value is -2.73. The molecule has 0 aliphatic carbocycles. The highest BCUT2D eigenvalue weighted by molar-refractivity contribution is 6.15. The quantitative estimate of drug-likeness (QED) is 0.576. The lowest BCUT2D eigenvalue weighted by Crippen LogP contribution is -2.40. The number of hydrogen-bond acceptors (Lipinski definition) is 5. The summed E-state index contributed by atoms with van der Waals surface area (Å²) in [4.78, 5) is 19.3. The summed E-state index contributed by atoms with van der Waals surface area (Å²) < 4.78 is 5.36.